The molecule has 2 aromatic carbocycles. The van der Waals surface area contributed by atoms with Gasteiger partial charge in [0.15, 0.2) is 0 Å². The number of benzene rings is 2. The summed E-state index contributed by atoms with van der Waals surface area (Å²) < 4.78 is 10.9. The van der Waals surface area contributed by atoms with Crippen LogP contribution in [0.15, 0.2) is 52.9 Å². The maximum Gasteiger partial charge on any atom is 0.338 e. The lowest BCUT2D eigenvalue weighted by molar-refractivity contribution is 0.0526. The Morgan fingerprint density at radius 2 is 1.62 bits per heavy atom. The van der Waals surface area contributed by atoms with Gasteiger partial charge in [-0.1, -0.05) is 0 Å². The zero-order chi connectivity index (χ0) is 26.4. The summed E-state index contributed by atoms with van der Waals surface area (Å²) in [6.07, 6.45) is 0. The van der Waals surface area contributed by atoms with E-state index in [-0.39, 0.29) is 17.9 Å². The molecule has 10 nitrogen and oxygen atoms in total. The molecule has 2 N–H and O–H groups in total. The van der Waals surface area contributed by atoms with Gasteiger partial charge in [-0.15, -0.1) is 0 Å². The van der Waals surface area contributed by atoms with Crippen LogP contribution < -0.4 is 10.6 Å². The third-order valence-corrected chi connectivity index (χ3v) is 6.19. The van der Waals surface area contributed by atoms with Gasteiger partial charge in [-0.2, -0.15) is 0 Å². The lowest BCUT2D eigenvalue weighted by Gasteiger charge is -2.34. The Hall–Kier alpha value is -4.18. The van der Waals surface area contributed by atoms with Crippen molar-refractivity contribution in [3.63, 3.8) is 0 Å². The number of oxazole rings is 1. The Morgan fingerprint density at radius 3 is 2.24 bits per heavy atom. The average Bonchev–Trinajstić information content (AvgIpc) is 3.29. The number of nitrogens with one attached hydrogen (secondary N) is 2. The molecule has 1 aromatic heterocycles. The minimum atomic E-state index is -0.384. The van der Waals surface area contributed by atoms with Crippen LogP contribution in [0.1, 0.15) is 39.1 Å². The number of urea groups is 1. The second kappa shape index (κ2) is 11.7. The monoisotopic (exact) mass is 505 g/mol. The third-order valence-electron chi connectivity index (χ3n) is 6.19. The second-order valence-electron chi connectivity index (χ2n) is 8.67. The zero-order valence-electron chi connectivity index (χ0n) is 21.2. The molecule has 0 bridgehead atoms. The fraction of sp³-hybridized carbons (Fsp3) is 0.333. The Balaban J connectivity index is 1.29. The van der Waals surface area contributed by atoms with Gasteiger partial charge in [0.2, 0.25) is 5.89 Å². The number of hydrogen-bond acceptors (Lipinski definition) is 7. The zero-order valence-corrected chi connectivity index (χ0v) is 21.2. The minimum absolute atomic E-state index is 0.143. The summed E-state index contributed by atoms with van der Waals surface area (Å²) in [5.41, 5.74) is 3.30. The number of esters is 1. The standard InChI is InChI=1S/C27H31N5O5/c1-4-36-26(34)21-9-11-22(12-10-21)29-27(35)32-15-13-31(14-16-32)17-23-18(2)37-25(30-23)20-7-5-19(6-8-20)24(33)28-3/h5-12H,4,13-17H2,1-3H3,(H,28,33)(H,29,35). The Bertz CT molecular complexity index is 1250. The quantitative estimate of drug-likeness (QED) is 0.472. The number of nitrogens with zero attached hydrogens (tertiary/aromatic N) is 3. The van der Waals surface area contributed by atoms with E-state index < -0.39 is 0 Å². The molecule has 1 fully saturated rings. The van der Waals surface area contributed by atoms with Crippen LogP contribution in [0.25, 0.3) is 11.5 Å². The van der Waals surface area contributed by atoms with Crippen molar-refractivity contribution in [2.45, 2.75) is 20.4 Å². The van der Waals surface area contributed by atoms with Gasteiger partial charge in [-0.3, -0.25) is 9.69 Å². The molecule has 0 radical (unpaired) electrons. The van der Waals surface area contributed by atoms with Gasteiger partial charge in [0.1, 0.15) is 5.76 Å². The highest BCUT2D eigenvalue weighted by Gasteiger charge is 2.23. The molecule has 0 atom stereocenters. The summed E-state index contributed by atoms with van der Waals surface area (Å²) in [7, 11) is 1.60. The van der Waals surface area contributed by atoms with E-state index >= 15 is 0 Å². The molecule has 10 heteroatoms. The lowest BCUT2D eigenvalue weighted by Crippen LogP contribution is -2.49. The highest BCUT2D eigenvalue weighted by molar-refractivity contribution is 5.94. The summed E-state index contributed by atoms with van der Waals surface area (Å²) in [4.78, 5) is 44.9. The minimum Gasteiger partial charge on any atom is -0.462 e. The van der Waals surface area contributed by atoms with Gasteiger partial charge in [-0.25, -0.2) is 14.6 Å². The Labute approximate surface area is 215 Å². The largest absolute Gasteiger partial charge is 0.462 e. The first kappa shape index (κ1) is 25.9. The number of rotatable bonds is 7. The second-order valence-corrected chi connectivity index (χ2v) is 8.67. The fourth-order valence-electron chi connectivity index (χ4n) is 4.03. The highest BCUT2D eigenvalue weighted by atomic mass is 16.5. The molecule has 3 aromatic rings. The smallest absolute Gasteiger partial charge is 0.338 e. The molecule has 4 rings (SSSR count). The Morgan fingerprint density at radius 1 is 0.973 bits per heavy atom. The number of carbonyl (C=O) groups excluding carboxylic acids is 3. The van der Waals surface area contributed by atoms with E-state index in [4.69, 9.17) is 9.15 Å². The van der Waals surface area contributed by atoms with Crippen LogP contribution in [-0.2, 0) is 11.3 Å². The summed E-state index contributed by atoms with van der Waals surface area (Å²) in [5, 5.41) is 5.49. The number of amides is 3. The topological polar surface area (TPSA) is 117 Å². The van der Waals surface area contributed by atoms with E-state index in [1.165, 1.54) is 0 Å². The van der Waals surface area contributed by atoms with Gasteiger partial charge in [0.05, 0.1) is 17.9 Å². The number of aromatic nitrogens is 1. The van der Waals surface area contributed by atoms with E-state index in [2.05, 4.69) is 20.5 Å². The van der Waals surface area contributed by atoms with Gasteiger partial charge in [0.25, 0.3) is 5.91 Å². The van der Waals surface area contributed by atoms with Crippen molar-refractivity contribution in [1.29, 1.82) is 0 Å². The molecule has 0 spiro atoms. The lowest BCUT2D eigenvalue weighted by atomic mass is 10.1. The van der Waals surface area contributed by atoms with Crippen LogP contribution >= 0.6 is 0 Å². The molecule has 3 amide bonds. The highest BCUT2D eigenvalue weighted by Crippen LogP contribution is 2.23. The van der Waals surface area contributed by atoms with E-state index in [9.17, 15) is 14.4 Å². The molecule has 37 heavy (non-hydrogen) atoms. The summed E-state index contributed by atoms with van der Waals surface area (Å²) >= 11 is 0. The fourth-order valence-corrected chi connectivity index (χ4v) is 4.03. The number of piperazine rings is 1. The number of anilines is 1. The molecule has 1 aliphatic heterocycles. The number of carbonyl (C=O) groups is 3. The predicted molar refractivity (Wildman–Crippen MR) is 138 cm³/mol. The molecule has 0 aliphatic carbocycles. The van der Waals surface area contributed by atoms with Crippen molar-refractivity contribution in [3.05, 3.63) is 71.1 Å². The molecule has 0 unspecified atom stereocenters. The molecule has 194 valence electrons. The van der Waals surface area contributed by atoms with E-state index in [1.54, 1.807) is 55.3 Å². The van der Waals surface area contributed by atoms with Crippen molar-refractivity contribution in [3.8, 4) is 11.5 Å². The van der Waals surface area contributed by atoms with Crippen molar-refractivity contribution in [1.82, 2.24) is 20.1 Å². The van der Waals surface area contributed by atoms with Crippen molar-refractivity contribution in [2.75, 3.05) is 45.2 Å². The molecule has 0 saturated carbocycles. The molecular formula is C27H31N5O5. The summed E-state index contributed by atoms with van der Waals surface area (Å²) in [5.74, 6) is 0.736. The van der Waals surface area contributed by atoms with Gasteiger partial charge < -0.3 is 24.7 Å². The van der Waals surface area contributed by atoms with Crippen LogP contribution in [0.5, 0.6) is 0 Å². The molecule has 2 heterocycles. The SMILES string of the molecule is CCOC(=O)c1ccc(NC(=O)N2CCN(Cc3nc(-c4ccc(C(=O)NC)cc4)oc3C)CC2)cc1. The predicted octanol–water partition coefficient (Wildman–Crippen LogP) is 3.54. The van der Waals surface area contributed by atoms with Gasteiger partial charge >= 0.3 is 12.0 Å². The Kier molecular flexibility index (Phi) is 8.19. The normalized spacial score (nSPS) is 13.8. The van der Waals surface area contributed by atoms with Gasteiger partial charge in [0, 0.05) is 56.6 Å². The van der Waals surface area contributed by atoms with Crippen LogP contribution in [0.3, 0.4) is 0 Å². The number of ether oxygens (including phenoxy) is 1. The maximum atomic E-state index is 12.7. The summed E-state index contributed by atoms with van der Waals surface area (Å²) in [6, 6.07) is 13.6. The average molecular weight is 506 g/mol. The van der Waals surface area contributed by atoms with Crippen LogP contribution in [0.4, 0.5) is 10.5 Å². The third kappa shape index (κ3) is 6.34. The van der Waals surface area contributed by atoms with Crippen LogP contribution in [0.2, 0.25) is 0 Å². The van der Waals surface area contributed by atoms with Crippen LogP contribution in [0, 0.1) is 6.92 Å². The first-order valence-electron chi connectivity index (χ1n) is 12.2. The summed E-state index contributed by atoms with van der Waals surface area (Å²) in [6.45, 7) is 7.16. The van der Waals surface area contributed by atoms with Crippen LogP contribution in [-0.4, -0.2) is 72.5 Å². The first-order chi connectivity index (χ1) is 17.9. The van der Waals surface area contributed by atoms with Crippen molar-refractivity contribution in [2.24, 2.45) is 0 Å². The van der Waals surface area contributed by atoms with E-state index in [0.29, 0.717) is 62.0 Å². The maximum absolute atomic E-state index is 12.7. The molecule has 1 aliphatic rings. The van der Waals surface area contributed by atoms with Crippen molar-refractivity contribution < 1.29 is 23.5 Å². The molecule has 1 saturated heterocycles. The first-order valence-corrected chi connectivity index (χ1v) is 12.2. The number of hydrogen-bond donors (Lipinski definition) is 2. The van der Waals surface area contributed by atoms with Crippen molar-refractivity contribution >= 4 is 23.6 Å². The van der Waals surface area contributed by atoms with E-state index in [1.807, 2.05) is 19.1 Å². The van der Waals surface area contributed by atoms with Gasteiger partial charge in [-0.05, 0) is 62.4 Å². The number of aryl methyl sites for hydroxylation is 1. The van der Waals surface area contributed by atoms with E-state index in [0.717, 1.165) is 17.0 Å². The molecular weight excluding hydrogens is 474 g/mol.